The quantitative estimate of drug-likeness (QED) is 0.389. The summed E-state index contributed by atoms with van der Waals surface area (Å²) in [4.78, 5) is 6.65. The second kappa shape index (κ2) is 8.37. The van der Waals surface area contributed by atoms with Gasteiger partial charge in [-0.3, -0.25) is 4.98 Å². The number of aromatic nitrogens is 2. The number of hydrogen-bond donors (Lipinski definition) is 2. The number of aromatic hydroxyl groups is 1. The summed E-state index contributed by atoms with van der Waals surface area (Å²) in [5, 5.41) is 14.7. The van der Waals surface area contributed by atoms with Crippen molar-refractivity contribution in [1.82, 2.24) is 14.9 Å². The zero-order chi connectivity index (χ0) is 23.1. The van der Waals surface area contributed by atoms with Gasteiger partial charge in [0.05, 0.1) is 23.5 Å². The van der Waals surface area contributed by atoms with Gasteiger partial charge in [-0.2, -0.15) is 0 Å². The lowest BCUT2D eigenvalue weighted by Crippen LogP contribution is -2.29. The van der Waals surface area contributed by atoms with Crippen LogP contribution in [0.25, 0.3) is 5.69 Å². The lowest BCUT2D eigenvalue weighted by atomic mass is 9.96. The first-order chi connectivity index (χ1) is 16.0. The van der Waals surface area contributed by atoms with E-state index in [2.05, 4.69) is 66.0 Å². The van der Waals surface area contributed by atoms with Crippen molar-refractivity contribution in [2.24, 2.45) is 0 Å². The summed E-state index contributed by atoms with van der Waals surface area (Å²) in [5.74, 6) is 0.195. The largest absolute Gasteiger partial charge is 0.506 e. The van der Waals surface area contributed by atoms with E-state index >= 15 is 0 Å². The number of thiocarbonyl (C=S) groups is 1. The minimum Gasteiger partial charge on any atom is -0.506 e. The number of nitrogens with one attached hydrogen (secondary N) is 1. The Morgan fingerprint density at radius 2 is 1.67 bits per heavy atom. The molecule has 1 aliphatic rings. The number of aryl methyl sites for hydroxylation is 2. The van der Waals surface area contributed by atoms with E-state index in [4.69, 9.17) is 12.2 Å². The Hall–Kier alpha value is -3.64. The molecule has 2 N–H and O–H groups in total. The standard InChI is InChI=1S/C27H26N4OS/c1-17-11-13-20(14-12-17)30-18(2)16-21(19(30)3)26-25(22-8-6-7-15-28-22)29-27(33)31(26)23-9-4-5-10-24(23)32/h4-16,25-26,32H,1-3H3,(H,29,33)/t25-,26+/m0/s1. The molecule has 0 saturated carbocycles. The number of phenolic OH excluding ortho intramolecular Hbond substituents is 1. The number of hydrogen-bond acceptors (Lipinski definition) is 3. The Labute approximate surface area is 199 Å². The number of rotatable bonds is 4. The van der Waals surface area contributed by atoms with Gasteiger partial charge in [-0.25, -0.2) is 0 Å². The van der Waals surface area contributed by atoms with Crippen LogP contribution in [0.4, 0.5) is 5.69 Å². The van der Waals surface area contributed by atoms with Crippen LogP contribution in [0.3, 0.4) is 0 Å². The van der Waals surface area contributed by atoms with Gasteiger partial charge in [0.25, 0.3) is 0 Å². The zero-order valence-corrected chi connectivity index (χ0v) is 19.7. The number of benzene rings is 2. The summed E-state index contributed by atoms with van der Waals surface area (Å²) in [6, 6.07) is 23.7. The third kappa shape index (κ3) is 3.66. The molecule has 0 spiro atoms. The lowest BCUT2D eigenvalue weighted by molar-refractivity contribution is 0.472. The molecule has 3 heterocycles. The summed E-state index contributed by atoms with van der Waals surface area (Å²) < 4.78 is 2.27. The van der Waals surface area contributed by atoms with Gasteiger partial charge in [-0.15, -0.1) is 0 Å². The summed E-state index contributed by atoms with van der Waals surface area (Å²) >= 11 is 5.80. The van der Waals surface area contributed by atoms with Gasteiger partial charge in [0.15, 0.2) is 5.11 Å². The van der Waals surface area contributed by atoms with Crippen LogP contribution < -0.4 is 10.2 Å². The van der Waals surface area contributed by atoms with E-state index in [9.17, 15) is 5.11 Å². The number of phenols is 1. The van der Waals surface area contributed by atoms with Crippen molar-refractivity contribution in [3.63, 3.8) is 0 Å². The van der Waals surface area contributed by atoms with Gasteiger partial charge in [0.2, 0.25) is 0 Å². The van der Waals surface area contributed by atoms with Crippen molar-refractivity contribution in [3.8, 4) is 11.4 Å². The topological polar surface area (TPSA) is 53.3 Å². The van der Waals surface area contributed by atoms with Crippen LogP contribution in [0.1, 0.15) is 40.3 Å². The van der Waals surface area contributed by atoms with Gasteiger partial charge < -0.3 is 19.9 Å². The second-order valence-electron chi connectivity index (χ2n) is 8.48. The van der Waals surface area contributed by atoms with Crippen LogP contribution >= 0.6 is 12.2 Å². The third-order valence-electron chi connectivity index (χ3n) is 6.32. The molecular formula is C27H26N4OS. The molecule has 0 unspecified atom stereocenters. The molecule has 0 aliphatic carbocycles. The summed E-state index contributed by atoms with van der Waals surface area (Å²) in [6.07, 6.45) is 1.80. The molecule has 0 amide bonds. The van der Waals surface area contributed by atoms with Gasteiger partial charge in [-0.05, 0) is 81.0 Å². The molecular weight excluding hydrogens is 428 g/mol. The Morgan fingerprint density at radius 3 is 2.36 bits per heavy atom. The molecule has 5 rings (SSSR count). The van der Waals surface area contributed by atoms with Gasteiger partial charge >= 0.3 is 0 Å². The average Bonchev–Trinajstić information content (AvgIpc) is 3.31. The monoisotopic (exact) mass is 454 g/mol. The fourth-order valence-corrected chi connectivity index (χ4v) is 5.12. The van der Waals surface area contributed by atoms with Crippen molar-refractivity contribution in [2.75, 3.05) is 4.90 Å². The molecule has 1 aliphatic heterocycles. The molecule has 5 nitrogen and oxygen atoms in total. The minimum absolute atomic E-state index is 0.162. The molecule has 166 valence electrons. The molecule has 6 heteroatoms. The third-order valence-corrected chi connectivity index (χ3v) is 6.64. The highest BCUT2D eigenvalue weighted by molar-refractivity contribution is 7.80. The van der Waals surface area contributed by atoms with Crippen LogP contribution in [0.2, 0.25) is 0 Å². The Kier molecular flexibility index (Phi) is 5.38. The van der Waals surface area contributed by atoms with E-state index in [1.165, 1.54) is 5.56 Å². The molecule has 1 saturated heterocycles. The minimum atomic E-state index is -0.175. The number of pyridine rings is 1. The average molecular weight is 455 g/mol. The van der Waals surface area contributed by atoms with E-state index < -0.39 is 0 Å². The molecule has 33 heavy (non-hydrogen) atoms. The van der Waals surface area contributed by atoms with Crippen molar-refractivity contribution in [2.45, 2.75) is 32.9 Å². The molecule has 2 aromatic heterocycles. The van der Waals surface area contributed by atoms with Crippen molar-refractivity contribution >= 4 is 23.0 Å². The predicted molar refractivity (Wildman–Crippen MR) is 136 cm³/mol. The molecule has 2 aromatic carbocycles. The highest BCUT2D eigenvalue weighted by Crippen LogP contribution is 2.45. The van der Waals surface area contributed by atoms with E-state index in [0.717, 1.165) is 28.3 Å². The smallest absolute Gasteiger partial charge is 0.174 e. The fourth-order valence-electron chi connectivity index (χ4n) is 4.78. The zero-order valence-electron chi connectivity index (χ0n) is 18.9. The SMILES string of the molecule is Cc1ccc(-n2c(C)cc([C@@H]3[C@H](c4ccccn4)NC(=S)N3c3ccccc3O)c2C)cc1. The molecule has 1 fully saturated rings. The van der Waals surface area contributed by atoms with Gasteiger partial charge in [-0.1, -0.05) is 35.9 Å². The lowest BCUT2D eigenvalue weighted by Gasteiger charge is -2.28. The summed E-state index contributed by atoms with van der Waals surface area (Å²) in [5.41, 5.74) is 7.35. The maximum atomic E-state index is 10.7. The Balaban J connectivity index is 1.69. The highest BCUT2D eigenvalue weighted by Gasteiger charge is 2.43. The van der Waals surface area contributed by atoms with Crippen molar-refractivity contribution < 1.29 is 5.11 Å². The van der Waals surface area contributed by atoms with E-state index in [1.807, 2.05) is 41.3 Å². The number of anilines is 1. The van der Waals surface area contributed by atoms with Crippen molar-refractivity contribution in [3.05, 3.63) is 107 Å². The number of nitrogens with zero attached hydrogens (tertiary/aromatic N) is 3. The first kappa shape index (κ1) is 21.2. The predicted octanol–water partition coefficient (Wildman–Crippen LogP) is 5.68. The maximum absolute atomic E-state index is 10.7. The second-order valence-corrected chi connectivity index (χ2v) is 8.87. The van der Waals surface area contributed by atoms with Crippen LogP contribution in [-0.4, -0.2) is 19.8 Å². The van der Waals surface area contributed by atoms with Crippen LogP contribution in [0.15, 0.2) is 79.0 Å². The Bertz CT molecular complexity index is 1310. The molecule has 4 aromatic rings. The normalized spacial score (nSPS) is 17.9. The molecule has 0 radical (unpaired) electrons. The summed E-state index contributed by atoms with van der Waals surface area (Å²) in [6.45, 7) is 6.36. The van der Waals surface area contributed by atoms with Crippen LogP contribution in [0, 0.1) is 20.8 Å². The van der Waals surface area contributed by atoms with Gasteiger partial charge in [0, 0.05) is 23.3 Å². The van der Waals surface area contributed by atoms with Crippen molar-refractivity contribution in [1.29, 1.82) is 0 Å². The molecule has 2 atom stereocenters. The first-order valence-corrected chi connectivity index (χ1v) is 11.4. The maximum Gasteiger partial charge on any atom is 0.174 e. The van der Waals surface area contributed by atoms with Crippen LogP contribution in [0.5, 0.6) is 5.75 Å². The van der Waals surface area contributed by atoms with E-state index in [-0.39, 0.29) is 17.8 Å². The Morgan fingerprint density at radius 1 is 0.939 bits per heavy atom. The highest BCUT2D eigenvalue weighted by atomic mass is 32.1. The van der Waals surface area contributed by atoms with Crippen LogP contribution in [-0.2, 0) is 0 Å². The fraction of sp³-hybridized carbons (Fsp3) is 0.185. The van der Waals surface area contributed by atoms with Gasteiger partial charge in [0.1, 0.15) is 5.75 Å². The van der Waals surface area contributed by atoms with E-state index in [1.54, 1.807) is 12.3 Å². The summed E-state index contributed by atoms with van der Waals surface area (Å²) in [7, 11) is 0. The number of para-hydroxylation sites is 2. The molecule has 0 bridgehead atoms. The first-order valence-electron chi connectivity index (χ1n) is 11.0. The van der Waals surface area contributed by atoms with E-state index in [0.29, 0.717) is 10.8 Å².